The summed E-state index contributed by atoms with van der Waals surface area (Å²) in [5.74, 6) is -0.283. The molecular weight excluding hydrogens is 290 g/mol. The highest BCUT2D eigenvalue weighted by Gasteiger charge is 2.14. The summed E-state index contributed by atoms with van der Waals surface area (Å²) < 4.78 is 31.2. The molecule has 0 aromatic heterocycles. The summed E-state index contributed by atoms with van der Waals surface area (Å²) in [5.41, 5.74) is 2.39. The molecule has 0 radical (unpaired) electrons. The van der Waals surface area contributed by atoms with Crippen molar-refractivity contribution in [1.29, 1.82) is 0 Å². The van der Waals surface area contributed by atoms with Gasteiger partial charge in [-0.15, -0.1) is 0 Å². The highest BCUT2D eigenvalue weighted by atomic mass is 32.2. The Bertz CT molecular complexity index is 780. The van der Waals surface area contributed by atoms with E-state index < -0.39 is 10.1 Å². The molecule has 0 unspecified atom stereocenters. The lowest BCUT2D eigenvalue weighted by Gasteiger charge is -2.08. The van der Waals surface area contributed by atoms with Crippen molar-refractivity contribution in [2.45, 2.75) is 18.7 Å². The van der Waals surface area contributed by atoms with Crippen LogP contribution in [0.1, 0.15) is 21.5 Å². The number of anilines is 1. The molecule has 0 fully saturated rings. The van der Waals surface area contributed by atoms with Crippen LogP contribution in [0.15, 0.2) is 47.4 Å². The van der Waals surface area contributed by atoms with Crippen LogP contribution in [0.25, 0.3) is 0 Å². The van der Waals surface area contributed by atoms with Crippen LogP contribution >= 0.6 is 0 Å². The summed E-state index contributed by atoms with van der Waals surface area (Å²) in [4.78, 5) is 11.9. The lowest BCUT2D eigenvalue weighted by Crippen LogP contribution is -2.12. The molecule has 0 bridgehead atoms. The molecule has 2 aromatic rings. The zero-order valence-corrected chi connectivity index (χ0v) is 12.4. The fourth-order valence-corrected chi connectivity index (χ4v) is 2.63. The maximum absolute atomic E-state index is 12.0. The van der Waals surface area contributed by atoms with Crippen LogP contribution in [0.3, 0.4) is 0 Å². The minimum Gasteiger partial charge on any atom is -0.322 e. The maximum atomic E-state index is 12.0. The Labute approximate surface area is 123 Å². The van der Waals surface area contributed by atoms with Gasteiger partial charge in [0.25, 0.3) is 16.0 Å². The number of amides is 1. The third-order valence-electron chi connectivity index (χ3n) is 3.02. The van der Waals surface area contributed by atoms with Crippen LogP contribution in [-0.2, 0) is 10.1 Å². The average Bonchev–Trinajstić information content (AvgIpc) is 2.37. The van der Waals surface area contributed by atoms with Gasteiger partial charge in [-0.2, -0.15) is 8.42 Å². The van der Waals surface area contributed by atoms with Crippen molar-refractivity contribution in [3.05, 3.63) is 59.2 Å². The molecule has 0 aliphatic heterocycles. The molecule has 110 valence electrons. The molecule has 21 heavy (non-hydrogen) atoms. The van der Waals surface area contributed by atoms with E-state index in [2.05, 4.69) is 5.32 Å². The van der Waals surface area contributed by atoms with Gasteiger partial charge in [0, 0.05) is 11.3 Å². The second-order valence-corrected chi connectivity index (χ2v) is 6.17. The van der Waals surface area contributed by atoms with E-state index in [9.17, 15) is 13.2 Å². The Balaban J connectivity index is 2.22. The minimum absolute atomic E-state index is 0.171. The first-order valence-corrected chi connectivity index (χ1v) is 7.67. The summed E-state index contributed by atoms with van der Waals surface area (Å²) in [6.45, 7) is 3.48. The zero-order chi connectivity index (χ0) is 15.6. The molecule has 1 amide bonds. The Morgan fingerprint density at radius 1 is 1.05 bits per heavy atom. The molecule has 2 N–H and O–H groups in total. The van der Waals surface area contributed by atoms with Gasteiger partial charge in [-0.25, -0.2) is 0 Å². The second kappa shape index (κ2) is 5.67. The van der Waals surface area contributed by atoms with Gasteiger partial charge in [-0.3, -0.25) is 9.35 Å². The lowest BCUT2D eigenvalue weighted by molar-refractivity contribution is 0.102. The highest BCUT2D eigenvalue weighted by molar-refractivity contribution is 7.85. The van der Waals surface area contributed by atoms with E-state index in [1.165, 1.54) is 18.2 Å². The maximum Gasteiger partial charge on any atom is 0.294 e. The van der Waals surface area contributed by atoms with Crippen LogP contribution in [0, 0.1) is 13.8 Å². The van der Waals surface area contributed by atoms with Gasteiger partial charge < -0.3 is 5.32 Å². The van der Waals surface area contributed by atoms with Crippen LogP contribution in [-0.4, -0.2) is 18.9 Å². The molecule has 0 aliphatic carbocycles. The molecular formula is C15H15NO4S. The number of hydrogen-bond donors (Lipinski definition) is 2. The van der Waals surface area contributed by atoms with Crippen molar-refractivity contribution in [2.24, 2.45) is 0 Å². The van der Waals surface area contributed by atoms with Crippen molar-refractivity contribution in [3.63, 3.8) is 0 Å². The number of nitrogens with one attached hydrogen (secondary N) is 1. The fraction of sp³-hybridized carbons (Fsp3) is 0.133. The van der Waals surface area contributed by atoms with Gasteiger partial charge in [0.05, 0.1) is 4.90 Å². The summed E-state index contributed by atoms with van der Waals surface area (Å²) in [6.07, 6.45) is 0. The number of carbonyl (C=O) groups is 1. The molecule has 0 saturated heterocycles. The number of aryl methyl sites for hydroxylation is 2. The fourth-order valence-electron chi connectivity index (χ4n) is 1.92. The average molecular weight is 305 g/mol. The van der Waals surface area contributed by atoms with E-state index in [1.807, 2.05) is 19.1 Å². The lowest BCUT2D eigenvalue weighted by atomic mass is 10.1. The van der Waals surface area contributed by atoms with E-state index in [4.69, 9.17) is 4.55 Å². The van der Waals surface area contributed by atoms with Gasteiger partial charge in [-0.05, 0) is 49.7 Å². The molecule has 2 aromatic carbocycles. The number of hydrogen-bond acceptors (Lipinski definition) is 3. The molecule has 2 rings (SSSR count). The van der Waals surface area contributed by atoms with Gasteiger partial charge in [0.2, 0.25) is 0 Å². The van der Waals surface area contributed by atoms with Crippen molar-refractivity contribution in [1.82, 2.24) is 0 Å². The van der Waals surface area contributed by atoms with Crippen molar-refractivity contribution >= 4 is 21.7 Å². The van der Waals surface area contributed by atoms with Gasteiger partial charge in [0.15, 0.2) is 0 Å². The third kappa shape index (κ3) is 3.68. The first-order chi connectivity index (χ1) is 9.77. The van der Waals surface area contributed by atoms with E-state index in [1.54, 1.807) is 19.1 Å². The Morgan fingerprint density at radius 3 is 2.19 bits per heavy atom. The topological polar surface area (TPSA) is 83.5 Å². The summed E-state index contributed by atoms with van der Waals surface area (Å²) >= 11 is 0. The van der Waals surface area contributed by atoms with Crippen LogP contribution in [0.4, 0.5) is 5.69 Å². The molecule has 0 aliphatic rings. The third-order valence-corrected chi connectivity index (χ3v) is 4.04. The SMILES string of the molecule is Cc1ccc(C(=O)Nc2ccc(S(=O)(=O)O)c(C)c2)cc1. The normalized spacial score (nSPS) is 11.2. The molecule has 6 heteroatoms. The summed E-state index contributed by atoms with van der Waals surface area (Å²) in [5, 5.41) is 2.68. The van der Waals surface area contributed by atoms with Crippen LogP contribution in [0.5, 0.6) is 0 Å². The van der Waals surface area contributed by atoms with Crippen molar-refractivity contribution in [3.8, 4) is 0 Å². The van der Waals surface area contributed by atoms with Gasteiger partial charge >= 0.3 is 0 Å². The van der Waals surface area contributed by atoms with E-state index >= 15 is 0 Å². The van der Waals surface area contributed by atoms with Crippen LogP contribution < -0.4 is 5.32 Å². The van der Waals surface area contributed by atoms with Crippen LogP contribution in [0.2, 0.25) is 0 Å². The standard InChI is InChI=1S/C15H15NO4S/c1-10-3-5-12(6-4-10)15(17)16-13-7-8-14(11(2)9-13)21(18,19)20/h3-9H,1-2H3,(H,16,17)(H,18,19,20). The molecule has 0 spiro atoms. The Morgan fingerprint density at radius 2 is 1.67 bits per heavy atom. The van der Waals surface area contributed by atoms with E-state index in [-0.39, 0.29) is 10.8 Å². The second-order valence-electron chi connectivity index (χ2n) is 4.78. The quantitative estimate of drug-likeness (QED) is 0.854. The predicted octanol–water partition coefficient (Wildman–Crippen LogP) is 2.80. The zero-order valence-electron chi connectivity index (χ0n) is 11.6. The predicted molar refractivity (Wildman–Crippen MR) is 80.1 cm³/mol. The number of carbonyl (C=O) groups excluding carboxylic acids is 1. The van der Waals surface area contributed by atoms with Gasteiger partial charge in [-0.1, -0.05) is 17.7 Å². The number of benzene rings is 2. The molecule has 0 heterocycles. The van der Waals surface area contributed by atoms with Crippen molar-refractivity contribution in [2.75, 3.05) is 5.32 Å². The first-order valence-electron chi connectivity index (χ1n) is 6.23. The Kier molecular flexibility index (Phi) is 4.11. The smallest absolute Gasteiger partial charge is 0.294 e. The highest BCUT2D eigenvalue weighted by Crippen LogP contribution is 2.20. The monoisotopic (exact) mass is 305 g/mol. The summed E-state index contributed by atoms with van der Waals surface area (Å²) in [6, 6.07) is 11.3. The van der Waals surface area contributed by atoms with Crippen molar-refractivity contribution < 1.29 is 17.8 Å². The van der Waals surface area contributed by atoms with Gasteiger partial charge in [0.1, 0.15) is 0 Å². The Hall–Kier alpha value is -2.18. The number of rotatable bonds is 3. The molecule has 0 saturated carbocycles. The largest absolute Gasteiger partial charge is 0.322 e. The first kappa shape index (κ1) is 15.2. The minimum atomic E-state index is -4.25. The van der Waals surface area contributed by atoms with E-state index in [0.717, 1.165) is 5.56 Å². The summed E-state index contributed by atoms with van der Waals surface area (Å²) in [7, 11) is -4.25. The van der Waals surface area contributed by atoms with E-state index in [0.29, 0.717) is 16.8 Å². The molecule has 0 atom stereocenters. The molecule has 5 nitrogen and oxygen atoms in total.